The van der Waals surface area contributed by atoms with Crippen molar-refractivity contribution < 1.29 is 19.2 Å². The van der Waals surface area contributed by atoms with Gasteiger partial charge in [0.1, 0.15) is 0 Å². The number of imide groups is 2. The topological polar surface area (TPSA) is 74.8 Å². The van der Waals surface area contributed by atoms with Crippen LogP contribution in [0.1, 0.15) is 0 Å². The smallest absolute Gasteiger partial charge is 0.265 e. The first kappa shape index (κ1) is 13.6. The molecule has 2 aliphatic heterocycles. The summed E-state index contributed by atoms with van der Waals surface area (Å²) in [4.78, 5) is 51.5. The van der Waals surface area contributed by atoms with Crippen LogP contribution < -0.4 is 4.90 Å². The first-order valence-corrected chi connectivity index (χ1v) is 7.20. The molecule has 4 rings (SSSR count). The molecule has 2 heterocycles. The predicted molar refractivity (Wildman–Crippen MR) is 79.9 cm³/mol. The maximum atomic E-state index is 12.6. The van der Waals surface area contributed by atoms with E-state index in [2.05, 4.69) is 0 Å². The number of carbonyl (C=O) groups excluding carboxylic acids is 4. The van der Waals surface area contributed by atoms with Crippen LogP contribution in [0, 0.1) is 11.8 Å². The van der Waals surface area contributed by atoms with Gasteiger partial charge in [-0.25, -0.2) is 4.90 Å². The van der Waals surface area contributed by atoms with Crippen molar-refractivity contribution in [3.05, 3.63) is 53.6 Å². The number of amides is 4. The zero-order chi connectivity index (χ0) is 16.3. The van der Waals surface area contributed by atoms with Crippen molar-refractivity contribution in [2.24, 2.45) is 11.8 Å². The van der Waals surface area contributed by atoms with E-state index in [4.69, 9.17) is 0 Å². The molecule has 0 saturated carbocycles. The molecule has 3 aliphatic rings. The maximum absolute atomic E-state index is 12.6. The Morgan fingerprint density at radius 1 is 0.783 bits per heavy atom. The summed E-state index contributed by atoms with van der Waals surface area (Å²) >= 11 is 0. The van der Waals surface area contributed by atoms with Gasteiger partial charge in [-0.15, -0.1) is 0 Å². The summed E-state index contributed by atoms with van der Waals surface area (Å²) in [6.45, 7) is 0. The highest BCUT2D eigenvalue weighted by Gasteiger charge is 2.50. The number of anilines is 1. The van der Waals surface area contributed by atoms with E-state index in [0.29, 0.717) is 5.69 Å². The third-order valence-corrected chi connectivity index (χ3v) is 4.48. The van der Waals surface area contributed by atoms with Crippen molar-refractivity contribution in [1.29, 1.82) is 0 Å². The summed E-state index contributed by atoms with van der Waals surface area (Å²) in [6.07, 6.45) is 2.93. The molecule has 2 atom stereocenters. The Balaban J connectivity index is 1.81. The van der Waals surface area contributed by atoms with Crippen molar-refractivity contribution in [2.45, 2.75) is 0 Å². The Labute approximate surface area is 131 Å². The first-order valence-electron chi connectivity index (χ1n) is 7.20. The monoisotopic (exact) mass is 308 g/mol. The van der Waals surface area contributed by atoms with Gasteiger partial charge in [0.05, 0.1) is 17.5 Å². The first-order chi connectivity index (χ1) is 11.0. The molecule has 23 heavy (non-hydrogen) atoms. The van der Waals surface area contributed by atoms with Crippen LogP contribution in [0.4, 0.5) is 5.69 Å². The highest BCUT2D eigenvalue weighted by molar-refractivity contribution is 6.37. The molecular weight excluding hydrogens is 296 g/mol. The van der Waals surface area contributed by atoms with Crippen molar-refractivity contribution in [3.8, 4) is 0 Å². The van der Waals surface area contributed by atoms with E-state index in [0.717, 1.165) is 9.80 Å². The van der Waals surface area contributed by atoms with Crippen LogP contribution in [0.3, 0.4) is 0 Å². The fourth-order valence-corrected chi connectivity index (χ4v) is 3.27. The second-order valence-electron chi connectivity index (χ2n) is 5.73. The molecule has 114 valence electrons. The largest absolute Gasteiger partial charge is 0.285 e. The minimum atomic E-state index is -0.696. The van der Waals surface area contributed by atoms with Gasteiger partial charge in [-0.1, -0.05) is 30.4 Å². The average molecular weight is 308 g/mol. The molecule has 2 saturated heterocycles. The average Bonchev–Trinajstić information content (AvgIpc) is 2.94. The van der Waals surface area contributed by atoms with E-state index < -0.39 is 23.7 Å². The van der Waals surface area contributed by atoms with Crippen molar-refractivity contribution in [3.63, 3.8) is 0 Å². The molecule has 6 nitrogen and oxygen atoms in total. The van der Waals surface area contributed by atoms with Gasteiger partial charge in [-0.3, -0.25) is 24.1 Å². The lowest BCUT2D eigenvalue weighted by molar-refractivity contribution is -0.137. The maximum Gasteiger partial charge on any atom is 0.265 e. The number of para-hydroxylation sites is 1. The zero-order valence-corrected chi connectivity index (χ0v) is 12.2. The van der Waals surface area contributed by atoms with Crippen LogP contribution in [0.2, 0.25) is 0 Å². The number of carbonyl (C=O) groups is 4. The fraction of sp³-hybridized carbons (Fsp3) is 0.176. The molecule has 2 unspecified atom stereocenters. The van der Waals surface area contributed by atoms with Crippen LogP contribution in [0.5, 0.6) is 0 Å². The Hall–Kier alpha value is -3.02. The molecule has 1 aromatic rings. The Kier molecular flexibility index (Phi) is 2.66. The third-order valence-electron chi connectivity index (χ3n) is 4.48. The Morgan fingerprint density at radius 2 is 1.26 bits per heavy atom. The summed E-state index contributed by atoms with van der Waals surface area (Å²) in [5.41, 5.74) is 0.881. The highest BCUT2D eigenvalue weighted by Crippen LogP contribution is 2.40. The van der Waals surface area contributed by atoms with Crippen LogP contribution in [-0.2, 0) is 19.2 Å². The van der Waals surface area contributed by atoms with Crippen LogP contribution in [0.25, 0.3) is 0 Å². The molecule has 0 N–H and O–H groups in total. The fourth-order valence-electron chi connectivity index (χ4n) is 3.27. The molecular formula is C17H12N2O4. The minimum absolute atomic E-state index is 0.205. The van der Waals surface area contributed by atoms with Gasteiger partial charge in [0.15, 0.2) is 0 Å². The standard InChI is InChI=1S/C17H12N2O4/c1-18-14(20)10-7-12-13(8-11(10)15(18)21)17(23)19(16(12)22)9-5-3-2-4-6-9/h2-8,10-11H,1H3. The molecule has 0 bridgehead atoms. The molecule has 1 aliphatic carbocycles. The van der Waals surface area contributed by atoms with Crippen LogP contribution in [-0.4, -0.2) is 35.6 Å². The SMILES string of the molecule is CN1C(=O)C2C=C3C(=O)N(c4ccccc4)C(=O)C3=CC2C1=O. The summed E-state index contributed by atoms with van der Waals surface area (Å²) in [5.74, 6) is -3.00. The predicted octanol–water partition coefficient (Wildman–Crippen LogP) is 0.657. The lowest BCUT2D eigenvalue weighted by atomic mass is 9.84. The van der Waals surface area contributed by atoms with E-state index in [1.807, 2.05) is 0 Å². The van der Waals surface area contributed by atoms with Crippen LogP contribution in [0.15, 0.2) is 53.6 Å². The van der Waals surface area contributed by atoms with Gasteiger partial charge in [-0.2, -0.15) is 0 Å². The van der Waals surface area contributed by atoms with Crippen molar-refractivity contribution >= 4 is 29.3 Å². The van der Waals surface area contributed by atoms with Gasteiger partial charge in [0.25, 0.3) is 11.8 Å². The van der Waals surface area contributed by atoms with Gasteiger partial charge < -0.3 is 0 Å². The second kappa shape index (κ2) is 4.49. The molecule has 2 fully saturated rings. The van der Waals surface area contributed by atoms with Gasteiger partial charge in [-0.05, 0) is 12.1 Å². The van der Waals surface area contributed by atoms with E-state index in [9.17, 15) is 19.2 Å². The second-order valence-corrected chi connectivity index (χ2v) is 5.73. The molecule has 0 radical (unpaired) electrons. The summed E-state index contributed by atoms with van der Waals surface area (Å²) in [7, 11) is 1.41. The molecule has 6 heteroatoms. The number of fused-ring (bicyclic) bond motifs is 2. The molecule has 0 aromatic heterocycles. The van der Waals surface area contributed by atoms with Crippen molar-refractivity contribution in [1.82, 2.24) is 4.90 Å². The number of rotatable bonds is 1. The van der Waals surface area contributed by atoms with Crippen molar-refractivity contribution in [2.75, 3.05) is 11.9 Å². The highest BCUT2D eigenvalue weighted by atomic mass is 16.2. The quantitative estimate of drug-likeness (QED) is 0.714. The summed E-state index contributed by atoms with van der Waals surface area (Å²) < 4.78 is 0. The number of hydrogen-bond donors (Lipinski definition) is 0. The van der Waals surface area contributed by atoms with Crippen LogP contribution >= 0.6 is 0 Å². The van der Waals surface area contributed by atoms with E-state index >= 15 is 0 Å². The van der Waals surface area contributed by atoms with E-state index in [-0.39, 0.29) is 23.0 Å². The molecule has 1 aromatic carbocycles. The third kappa shape index (κ3) is 1.69. The summed E-state index contributed by atoms with van der Waals surface area (Å²) in [5, 5.41) is 0. The Morgan fingerprint density at radius 3 is 1.74 bits per heavy atom. The molecule has 0 spiro atoms. The van der Waals surface area contributed by atoms with Gasteiger partial charge >= 0.3 is 0 Å². The normalized spacial score (nSPS) is 26.3. The number of likely N-dealkylation sites (tertiary alicyclic amines) is 1. The number of hydrogen-bond acceptors (Lipinski definition) is 4. The van der Waals surface area contributed by atoms with Gasteiger partial charge in [0, 0.05) is 18.2 Å². The lowest BCUT2D eigenvalue weighted by Gasteiger charge is -2.13. The number of benzene rings is 1. The van der Waals surface area contributed by atoms with E-state index in [1.165, 1.54) is 19.2 Å². The van der Waals surface area contributed by atoms with Gasteiger partial charge in [0.2, 0.25) is 11.8 Å². The zero-order valence-electron chi connectivity index (χ0n) is 12.2. The minimum Gasteiger partial charge on any atom is -0.285 e. The Bertz CT molecular complexity index is 787. The number of nitrogens with zero attached hydrogens (tertiary/aromatic N) is 2. The van der Waals surface area contributed by atoms with E-state index in [1.54, 1.807) is 30.3 Å². The molecule has 4 amide bonds. The summed E-state index contributed by atoms with van der Waals surface area (Å²) in [6, 6.07) is 8.59. The lowest BCUT2D eigenvalue weighted by Crippen LogP contribution is -2.29.